The Morgan fingerprint density at radius 3 is 1.46 bits per heavy atom. The van der Waals surface area contributed by atoms with E-state index < -0.39 is 12.1 Å². The largest absolute Gasteiger partial charge is 0.510 e. The van der Waals surface area contributed by atoms with E-state index in [4.69, 9.17) is 5.11 Å². The lowest BCUT2D eigenvalue weighted by Gasteiger charge is -2.06. The first-order chi connectivity index (χ1) is 11.7. The molecule has 142 valence electrons. The summed E-state index contributed by atoms with van der Waals surface area (Å²) in [5, 5.41) is 8.53. The van der Waals surface area contributed by atoms with Gasteiger partial charge in [-0.2, -0.15) is 9.78 Å². The van der Waals surface area contributed by atoms with Crippen molar-refractivity contribution in [2.75, 3.05) is 0 Å². The van der Waals surface area contributed by atoms with Crippen molar-refractivity contribution in [2.24, 2.45) is 0 Å². The van der Waals surface area contributed by atoms with Crippen LogP contribution in [0.1, 0.15) is 110 Å². The number of ether oxygens (including phenoxy) is 1. The van der Waals surface area contributed by atoms with Gasteiger partial charge in [-0.3, -0.25) is 0 Å². The SMILES string of the molecule is CCCCCCCCCCCCCCCCCC1(OC(=O)O)OO1. The number of carbonyl (C=O) groups is 1. The normalized spacial score (nSPS) is 15.4. The summed E-state index contributed by atoms with van der Waals surface area (Å²) in [7, 11) is 0. The smallest absolute Gasteiger partial charge is 0.450 e. The highest BCUT2D eigenvalue weighted by atomic mass is 17.5. The Kier molecular flexibility index (Phi) is 11.9. The molecule has 0 bridgehead atoms. The molecule has 0 atom stereocenters. The van der Waals surface area contributed by atoms with Gasteiger partial charge in [0.1, 0.15) is 0 Å². The number of carboxylic acid groups (broad SMARTS) is 1. The summed E-state index contributed by atoms with van der Waals surface area (Å²) in [6.07, 6.45) is 18.7. The summed E-state index contributed by atoms with van der Waals surface area (Å²) in [5.41, 5.74) is 0. The van der Waals surface area contributed by atoms with Crippen LogP contribution in [0.15, 0.2) is 0 Å². The molecule has 24 heavy (non-hydrogen) atoms. The molecule has 5 nitrogen and oxygen atoms in total. The highest BCUT2D eigenvalue weighted by Gasteiger charge is 2.53. The van der Waals surface area contributed by atoms with E-state index >= 15 is 0 Å². The Bertz CT molecular complexity index is 315. The monoisotopic (exact) mass is 344 g/mol. The molecule has 1 aliphatic rings. The second-order valence-electron chi connectivity index (χ2n) is 6.92. The van der Waals surface area contributed by atoms with Crippen molar-refractivity contribution >= 4 is 6.16 Å². The summed E-state index contributed by atoms with van der Waals surface area (Å²) < 4.78 is 4.54. The standard InChI is InChI=1S/C19H36O5/c1-2-3-4-5-6-7-8-9-10-11-12-13-14-15-16-17-19(23-24-19)22-18(20)21/h2-17H2,1H3,(H,20,21). The molecule has 0 radical (unpaired) electrons. The van der Waals surface area contributed by atoms with Gasteiger partial charge in [0.15, 0.2) is 0 Å². The van der Waals surface area contributed by atoms with E-state index in [1.54, 1.807) is 0 Å². The van der Waals surface area contributed by atoms with Crippen molar-refractivity contribution in [2.45, 2.75) is 116 Å². The highest BCUT2D eigenvalue weighted by molar-refractivity contribution is 5.57. The van der Waals surface area contributed by atoms with Gasteiger partial charge in [-0.1, -0.05) is 96.8 Å². The first kappa shape index (κ1) is 21.2. The van der Waals surface area contributed by atoms with Crippen LogP contribution < -0.4 is 0 Å². The van der Waals surface area contributed by atoms with Gasteiger partial charge >= 0.3 is 12.1 Å². The first-order valence-electron chi connectivity index (χ1n) is 9.97. The molecule has 0 unspecified atom stereocenters. The van der Waals surface area contributed by atoms with Gasteiger partial charge < -0.3 is 9.84 Å². The molecule has 0 amide bonds. The minimum atomic E-state index is -1.35. The zero-order chi connectivity index (χ0) is 17.5. The maximum atomic E-state index is 10.4. The lowest BCUT2D eigenvalue weighted by Crippen LogP contribution is -2.19. The van der Waals surface area contributed by atoms with E-state index in [2.05, 4.69) is 21.4 Å². The van der Waals surface area contributed by atoms with E-state index in [1.165, 1.54) is 83.5 Å². The quantitative estimate of drug-likeness (QED) is 0.140. The molecule has 0 spiro atoms. The Morgan fingerprint density at radius 1 is 0.750 bits per heavy atom. The number of unbranched alkanes of at least 4 members (excludes halogenated alkanes) is 14. The number of rotatable bonds is 17. The molecule has 0 aromatic carbocycles. The fraction of sp³-hybridized carbons (Fsp3) is 0.947. The number of hydrogen-bond acceptors (Lipinski definition) is 4. The van der Waals surface area contributed by atoms with Crippen molar-refractivity contribution < 1.29 is 24.4 Å². The summed E-state index contributed by atoms with van der Waals surface area (Å²) in [5.74, 6) is -1.29. The number of hydrogen-bond donors (Lipinski definition) is 1. The third kappa shape index (κ3) is 11.7. The lowest BCUT2D eigenvalue weighted by atomic mass is 10.0. The van der Waals surface area contributed by atoms with Gasteiger partial charge in [-0.25, -0.2) is 4.79 Å². The fourth-order valence-electron chi connectivity index (χ4n) is 3.06. The summed E-state index contributed by atoms with van der Waals surface area (Å²) in [4.78, 5) is 19.7. The van der Waals surface area contributed by atoms with Gasteiger partial charge in [-0.15, -0.1) is 0 Å². The van der Waals surface area contributed by atoms with Crippen molar-refractivity contribution in [1.82, 2.24) is 0 Å². The van der Waals surface area contributed by atoms with E-state index in [0.29, 0.717) is 6.42 Å². The van der Waals surface area contributed by atoms with Crippen molar-refractivity contribution in [1.29, 1.82) is 0 Å². The molecule has 0 aliphatic carbocycles. The Labute approximate surface area is 147 Å². The van der Waals surface area contributed by atoms with E-state index in [0.717, 1.165) is 12.8 Å². The summed E-state index contributed by atoms with van der Waals surface area (Å²) in [6, 6.07) is 0. The van der Waals surface area contributed by atoms with Gasteiger partial charge in [0.25, 0.3) is 0 Å². The maximum absolute atomic E-state index is 10.4. The molecule has 1 aliphatic heterocycles. The zero-order valence-electron chi connectivity index (χ0n) is 15.4. The average Bonchev–Trinajstić information content (AvgIpc) is 3.30. The van der Waals surface area contributed by atoms with Crippen LogP contribution in [0.2, 0.25) is 0 Å². The van der Waals surface area contributed by atoms with Crippen LogP contribution in [0.3, 0.4) is 0 Å². The van der Waals surface area contributed by atoms with Crippen molar-refractivity contribution in [3.63, 3.8) is 0 Å². The third-order valence-electron chi connectivity index (χ3n) is 4.60. The molecule has 0 aromatic heterocycles. The van der Waals surface area contributed by atoms with E-state index in [1.807, 2.05) is 0 Å². The van der Waals surface area contributed by atoms with Crippen LogP contribution in [0.4, 0.5) is 4.79 Å². The molecule has 1 saturated heterocycles. The third-order valence-corrected chi connectivity index (χ3v) is 4.60. The minimum Gasteiger partial charge on any atom is -0.450 e. The predicted molar refractivity (Wildman–Crippen MR) is 93.6 cm³/mol. The van der Waals surface area contributed by atoms with Gasteiger partial charge in [0.2, 0.25) is 0 Å². The molecule has 1 N–H and O–H groups in total. The van der Waals surface area contributed by atoms with Gasteiger partial charge in [-0.05, 0) is 6.42 Å². The van der Waals surface area contributed by atoms with Crippen LogP contribution in [0, 0.1) is 0 Å². The molecule has 1 fully saturated rings. The Hall–Kier alpha value is -0.810. The molecule has 1 heterocycles. The minimum absolute atomic E-state index is 0.484. The summed E-state index contributed by atoms with van der Waals surface area (Å²) >= 11 is 0. The highest BCUT2D eigenvalue weighted by Crippen LogP contribution is 2.36. The molecule has 0 aromatic rings. The van der Waals surface area contributed by atoms with E-state index in [-0.39, 0.29) is 0 Å². The van der Waals surface area contributed by atoms with Crippen LogP contribution in [-0.4, -0.2) is 17.2 Å². The second-order valence-corrected chi connectivity index (χ2v) is 6.92. The van der Waals surface area contributed by atoms with E-state index in [9.17, 15) is 4.79 Å². The van der Waals surface area contributed by atoms with Crippen LogP contribution >= 0.6 is 0 Å². The maximum Gasteiger partial charge on any atom is 0.510 e. The molecule has 1 rings (SSSR count). The predicted octanol–water partition coefficient (Wildman–Crippen LogP) is 6.56. The summed E-state index contributed by atoms with van der Waals surface area (Å²) in [6.45, 7) is 2.26. The molecular weight excluding hydrogens is 308 g/mol. The lowest BCUT2D eigenvalue weighted by molar-refractivity contribution is -0.0329. The average molecular weight is 344 g/mol. The molecular formula is C19H36O5. The molecule has 5 heteroatoms. The van der Waals surface area contributed by atoms with Gasteiger partial charge in [0.05, 0.1) is 0 Å². The Balaban J connectivity index is 1.73. The topological polar surface area (TPSA) is 71.6 Å². The molecule has 0 saturated carbocycles. The Morgan fingerprint density at radius 2 is 1.12 bits per heavy atom. The first-order valence-corrected chi connectivity index (χ1v) is 9.97. The van der Waals surface area contributed by atoms with Crippen LogP contribution in [-0.2, 0) is 14.5 Å². The zero-order valence-corrected chi connectivity index (χ0v) is 15.4. The van der Waals surface area contributed by atoms with Crippen molar-refractivity contribution in [3.8, 4) is 0 Å². The van der Waals surface area contributed by atoms with Crippen molar-refractivity contribution in [3.05, 3.63) is 0 Å². The van der Waals surface area contributed by atoms with Crippen LogP contribution in [0.25, 0.3) is 0 Å². The van der Waals surface area contributed by atoms with Crippen LogP contribution in [0.5, 0.6) is 0 Å². The fourth-order valence-corrected chi connectivity index (χ4v) is 3.06. The van der Waals surface area contributed by atoms with Gasteiger partial charge in [0, 0.05) is 6.42 Å². The second kappa shape index (κ2) is 13.5.